The Balaban J connectivity index is 3.14. The van der Waals surface area contributed by atoms with Crippen molar-refractivity contribution in [3.8, 4) is 0 Å². The molecule has 0 spiro atoms. The molecule has 2 atom stereocenters. The molecule has 0 aliphatic rings. The third-order valence-corrected chi connectivity index (χ3v) is 2.35. The van der Waals surface area contributed by atoms with Crippen LogP contribution in [0, 0.1) is 5.82 Å². The number of hydrogen-bond donors (Lipinski definition) is 2. The number of hydrogen-bond acceptors (Lipinski definition) is 3. The number of aromatic nitrogens is 1. The quantitative estimate of drug-likeness (QED) is 0.817. The van der Waals surface area contributed by atoms with E-state index in [1.54, 1.807) is 0 Å². The number of pyridine rings is 1. The fourth-order valence-corrected chi connectivity index (χ4v) is 1.33. The number of alkyl halides is 1. The van der Waals surface area contributed by atoms with Crippen LogP contribution in [0.1, 0.15) is 19.0 Å². The lowest BCUT2D eigenvalue weighted by atomic mass is 9.90. The van der Waals surface area contributed by atoms with Gasteiger partial charge in [0.05, 0.1) is 11.9 Å². The van der Waals surface area contributed by atoms with Gasteiger partial charge in [-0.15, -0.1) is 0 Å². The van der Waals surface area contributed by atoms with Crippen LogP contribution in [0.25, 0.3) is 0 Å². The topological polar surface area (TPSA) is 70.4 Å². The molecule has 0 fully saturated rings. The maximum atomic E-state index is 13.4. The van der Waals surface area contributed by atoms with Gasteiger partial charge in [-0.1, -0.05) is 6.92 Å². The Labute approximate surface area is 90.6 Å². The highest BCUT2D eigenvalue weighted by atomic mass is 19.1. The molecule has 2 N–H and O–H groups in total. The van der Waals surface area contributed by atoms with Crippen LogP contribution in [0.3, 0.4) is 0 Å². The van der Waals surface area contributed by atoms with Gasteiger partial charge in [0, 0.05) is 0 Å². The van der Waals surface area contributed by atoms with E-state index in [0.717, 1.165) is 18.3 Å². The average molecular weight is 231 g/mol. The molecule has 0 aliphatic carbocycles. The predicted molar refractivity (Wildman–Crippen MR) is 50.9 cm³/mol. The zero-order chi connectivity index (χ0) is 12.3. The summed E-state index contributed by atoms with van der Waals surface area (Å²) in [5.41, 5.74) is -2.44. The minimum absolute atomic E-state index is 0.181. The first-order valence-electron chi connectivity index (χ1n) is 4.63. The molecule has 0 bridgehead atoms. The molecule has 0 amide bonds. The maximum Gasteiger partial charge on any atom is 0.341 e. The molecule has 1 heterocycles. The SMILES string of the molecule is CCC(O)(c1ccc(F)cn1)C(F)C(=O)O. The largest absolute Gasteiger partial charge is 0.479 e. The Kier molecular flexibility index (Phi) is 3.54. The van der Waals surface area contributed by atoms with Crippen LogP contribution in [0.5, 0.6) is 0 Å². The summed E-state index contributed by atoms with van der Waals surface area (Å²) in [7, 11) is 0. The zero-order valence-electron chi connectivity index (χ0n) is 8.52. The van der Waals surface area contributed by atoms with Gasteiger partial charge >= 0.3 is 5.97 Å². The van der Waals surface area contributed by atoms with Gasteiger partial charge in [-0.05, 0) is 18.6 Å². The minimum atomic E-state index is -2.50. The van der Waals surface area contributed by atoms with E-state index in [9.17, 15) is 18.7 Å². The second-order valence-electron chi connectivity index (χ2n) is 3.34. The summed E-state index contributed by atoms with van der Waals surface area (Å²) in [4.78, 5) is 14.0. The number of aliphatic carboxylic acids is 1. The molecular formula is C10H11F2NO3. The van der Waals surface area contributed by atoms with Crippen LogP contribution in [0.15, 0.2) is 18.3 Å². The average Bonchev–Trinajstić information content (AvgIpc) is 2.27. The summed E-state index contributed by atoms with van der Waals surface area (Å²) in [5, 5.41) is 18.4. The van der Waals surface area contributed by atoms with E-state index in [4.69, 9.17) is 5.11 Å². The van der Waals surface area contributed by atoms with Crippen LogP contribution in [0.2, 0.25) is 0 Å². The van der Waals surface area contributed by atoms with Gasteiger partial charge in [0.25, 0.3) is 0 Å². The summed E-state index contributed by atoms with van der Waals surface area (Å²) >= 11 is 0. The molecular weight excluding hydrogens is 220 g/mol. The van der Waals surface area contributed by atoms with Gasteiger partial charge < -0.3 is 10.2 Å². The highest BCUT2D eigenvalue weighted by molar-refractivity contribution is 5.74. The van der Waals surface area contributed by atoms with E-state index in [1.165, 1.54) is 6.92 Å². The number of rotatable bonds is 4. The Morgan fingerprint density at radius 3 is 2.62 bits per heavy atom. The third kappa shape index (κ3) is 2.16. The molecule has 1 aromatic rings. The zero-order valence-corrected chi connectivity index (χ0v) is 8.52. The molecule has 0 aromatic carbocycles. The van der Waals surface area contributed by atoms with Gasteiger partial charge in [-0.3, -0.25) is 4.98 Å². The van der Waals surface area contributed by atoms with Crippen molar-refractivity contribution in [1.29, 1.82) is 0 Å². The smallest absolute Gasteiger partial charge is 0.341 e. The summed E-state index contributed by atoms with van der Waals surface area (Å²) in [5.74, 6) is -2.43. The molecule has 1 rings (SSSR count). The van der Waals surface area contributed by atoms with Gasteiger partial charge in [-0.25, -0.2) is 13.6 Å². The van der Waals surface area contributed by atoms with Crippen LogP contribution >= 0.6 is 0 Å². The maximum absolute atomic E-state index is 13.4. The Hall–Kier alpha value is -1.56. The number of carboxylic acids is 1. The molecule has 4 nitrogen and oxygen atoms in total. The predicted octanol–water partition coefficient (Wildman–Crippen LogP) is 1.24. The number of aliphatic hydroxyl groups is 1. The number of nitrogens with zero attached hydrogens (tertiary/aromatic N) is 1. The van der Waals surface area contributed by atoms with E-state index in [1.807, 2.05) is 0 Å². The lowest BCUT2D eigenvalue weighted by molar-refractivity contribution is -0.156. The third-order valence-electron chi connectivity index (χ3n) is 2.35. The molecule has 2 unspecified atom stereocenters. The van der Waals surface area contributed by atoms with Crippen molar-refractivity contribution in [2.45, 2.75) is 25.1 Å². The summed E-state index contributed by atoms with van der Waals surface area (Å²) < 4.78 is 26.0. The van der Waals surface area contributed by atoms with Crippen LogP contribution in [0.4, 0.5) is 8.78 Å². The lowest BCUT2D eigenvalue weighted by Gasteiger charge is -2.27. The fourth-order valence-electron chi connectivity index (χ4n) is 1.33. The van der Waals surface area contributed by atoms with Crippen molar-refractivity contribution in [3.63, 3.8) is 0 Å². The van der Waals surface area contributed by atoms with E-state index in [0.29, 0.717) is 0 Å². The van der Waals surface area contributed by atoms with Crippen molar-refractivity contribution in [1.82, 2.24) is 4.98 Å². The summed E-state index contributed by atoms with van der Waals surface area (Å²) in [6.45, 7) is 1.42. The highest BCUT2D eigenvalue weighted by Gasteiger charge is 2.43. The first kappa shape index (κ1) is 12.5. The Bertz CT molecular complexity index is 382. The van der Waals surface area contributed by atoms with Crippen LogP contribution < -0.4 is 0 Å². The molecule has 0 saturated carbocycles. The lowest BCUT2D eigenvalue weighted by Crippen LogP contribution is -2.42. The fraction of sp³-hybridized carbons (Fsp3) is 0.400. The molecule has 6 heteroatoms. The van der Waals surface area contributed by atoms with Gasteiger partial charge in [0.15, 0.2) is 0 Å². The van der Waals surface area contributed by atoms with E-state index in [2.05, 4.69) is 4.98 Å². The van der Waals surface area contributed by atoms with E-state index in [-0.39, 0.29) is 12.1 Å². The van der Waals surface area contributed by atoms with E-state index < -0.39 is 23.6 Å². The van der Waals surface area contributed by atoms with Crippen LogP contribution in [-0.4, -0.2) is 27.3 Å². The number of carbonyl (C=O) groups is 1. The van der Waals surface area contributed by atoms with Gasteiger partial charge in [-0.2, -0.15) is 0 Å². The van der Waals surface area contributed by atoms with Crippen molar-refractivity contribution in [2.24, 2.45) is 0 Å². The van der Waals surface area contributed by atoms with E-state index >= 15 is 0 Å². The highest BCUT2D eigenvalue weighted by Crippen LogP contribution is 2.29. The molecule has 0 radical (unpaired) electrons. The van der Waals surface area contributed by atoms with Crippen LogP contribution in [-0.2, 0) is 10.4 Å². The second-order valence-corrected chi connectivity index (χ2v) is 3.34. The van der Waals surface area contributed by atoms with Gasteiger partial charge in [0.1, 0.15) is 11.4 Å². The minimum Gasteiger partial charge on any atom is -0.479 e. The molecule has 1 aromatic heterocycles. The van der Waals surface area contributed by atoms with Crippen molar-refractivity contribution in [3.05, 3.63) is 29.8 Å². The molecule has 88 valence electrons. The Morgan fingerprint density at radius 2 is 2.25 bits per heavy atom. The number of carboxylic acid groups (broad SMARTS) is 1. The van der Waals surface area contributed by atoms with Crippen molar-refractivity contribution >= 4 is 5.97 Å². The first-order valence-corrected chi connectivity index (χ1v) is 4.63. The summed E-state index contributed by atoms with van der Waals surface area (Å²) in [6, 6.07) is 2.05. The molecule has 0 saturated heterocycles. The molecule has 0 aliphatic heterocycles. The van der Waals surface area contributed by atoms with Gasteiger partial charge in [0.2, 0.25) is 6.17 Å². The Morgan fingerprint density at radius 1 is 1.62 bits per heavy atom. The monoisotopic (exact) mass is 231 g/mol. The summed E-state index contributed by atoms with van der Waals surface area (Å²) in [6.07, 6.45) is -1.89. The first-order chi connectivity index (χ1) is 7.41. The normalized spacial score (nSPS) is 16.5. The standard InChI is InChI=1S/C10H11F2NO3/c1-2-10(16,8(12)9(14)15)7-4-3-6(11)5-13-7/h3-5,8,16H,2H2,1H3,(H,14,15). The number of halogens is 2. The second kappa shape index (κ2) is 4.52. The van der Waals surface area contributed by atoms with Crippen molar-refractivity contribution in [2.75, 3.05) is 0 Å². The van der Waals surface area contributed by atoms with Crippen molar-refractivity contribution < 1.29 is 23.8 Å². The molecule has 16 heavy (non-hydrogen) atoms.